The fraction of sp³-hybridized carbons (Fsp3) is 0.182. The van der Waals surface area contributed by atoms with Gasteiger partial charge >= 0.3 is 0 Å². The minimum Gasteiger partial charge on any atom is -0.356 e. The lowest BCUT2D eigenvalue weighted by molar-refractivity contribution is 1.10. The average molecular weight is 198 g/mol. The van der Waals surface area contributed by atoms with Gasteiger partial charge in [-0.25, -0.2) is 15.0 Å². The predicted molar refractivity (Wildman–Crippen MR) is 58.7 cm³/mol. The van der Waals surface area contributed by atoms with E-state index in [4.69, 9.17) is 0 Å². The molecule has 3 rings (SSSR count). The molecule has 4 nitrogen and oxygen atoms in total. The first kappa shape index (κ1) is 8.35. The molecule has 1 aromatic carbocycles. The zero-order valence-electron chi connectivity index (χ0n) is 8.57. The van der Waals surface area contributed by atoms with Gasteiger partial charge in [0.25, 0.3) is 0 Å². The number of nitrogens with zero attached hydrogens (tertiary/aromatic N) is 3. The quantitative estimate of drug-likeness (QED) is 0.602. The fourth-order valence-electron chi connectivity index (χ4n) is 1.68. The molecule has 0 amide bonds. The Hall–Kier alpha value is -1.97. The first-order valence-electron chi connectivity index (χ1n) is 4.82. The first-order chi connectivity index (χ1) is 7.24. The van der Waals surface area contributed by atoms with Crippen molar-refractivity contribution in [3.8, 4) is 0 Å². The molecule has 0 unspecified atom stereocenters. The van der Waals surface area contributed by atoms with Gasteiger partial charge in [-0.1, -0.05) is 0 Å². The van der Waals surface area contributed by atoms with Gasteiger partial charge < -0.3 is 4.98 Å². The summed E-state index contributed by atoms with van der Waals surface area (Å²) in [5.41, 5.74) is 5.84. The van der Waals surface area contributed by atoms with Gasteiger partial charge in [0.1, 0.15) is 6.33 Å². The van der Waals surface area contributed by atoms with Gasteiger partial charge in [0.05, 0.1) is 27.8 Å². The molecule has 0 aliphatic rings. The molecule has 15 heavy (non-hydrogen) atoms. The molecule has 0 aliphatic carbocycles. The lowest BCUT2D eigenvalue weighted by Crippen LogP contribution is -1.93. The van der Waals surface area contributed by atoms with Crippen LogP contribution in [0.4, 0.5) is 0 Å². The minimum atomic E-state index is 0.895. The normalized spacial score (nSPS) is 11.3. The SMILES string of the molecule is Cc1nc2cc3ncnc3cc2[nH]c1C. The highest BCUT2D eigenvalue weighted by Gasteiger charge is 2.03. The van der Waals surface area contributed by atoms with Crippen LogP contribution >= 0.6 is 0 Å². The lowest BCUT2D eigenvalue weighted by atomic mass is 10.2. The molecular weight excluding hydrogens is 188 g/mol. The van der Waals surface area contributed by atoms with E-state index in [2.05, 4.69) is 19.9 Å². The van der Waals surface area contributed by atoms with Crippen LogP contribution in [0.15, 0.2) is 18.5 Å². The number of nitrogens with one attached hydrogen (secondary N) is 1. The molecule has 0 bridgehead atoms. The van der Waals surface area contributed by atoms with Gasteiger partial charge in [0.2, 0.25) is 0 Å². The Morgan fingerprint density at radius 3 is 2.53 bits per heavy atom. The van der Waals surface area contributed by atoms with Gasteiger partial charge in [-0.2, -0.15) is 0 Å². The number of aryl methyl sites for hydroxylation is 2. The highest BCUT2D eigenvalue weighted by Crippen LogP contribution is 2.18. The molecule has 0 saturated carbocycles. The van der Waals surface area contributed by atoms with Crippen LogP contribution in [-0.2, 0) is 0 Å². The molecule has 0 atom stereocenters. The number of aromatic amines is 1. The number of hydrogen-bond donors (Lipinski definition) is 1. The second kappa shape index (κ2) is 2.76. The van der Waals surface area contributed by atoms with Gasteiger partial charge in [-0.3, -0.25) is 0 Å². The van der Waals surface area contributed by atoms with Crippen molar-refractivity contribution in [2.45, 2.75) is 13.8 Å². The molecular formula is C11H10N4. The second-order valence-electron chi connectivity index (χ2n) is 3.68. The number of benzene rings is 1. The van der Waals surface area contributed by atoms with Crippen LogP contribution in [0.3, 0.4) is 0 Å². The lowest BCUT2D eigenvalue weighted by Gasteiger charge is -2.03. The Kier molecular flexibility index (Phi) is 1.54. The summed E-state index contributed by atoms with van der Waals surface area (Å²) in [5, 5.41) is 0. The molecule has 1 N–H and O–H groups in total. The summed E-state index contributed by atoms with van der Waals surface area (Å²) in [7, 11) is 0. The van der Waals surface area contributed by atoms with Crippen LogP contribution in [0.25, 0.3) is 22.1 Å². The van der Waals surface area contributed by atoms with Crippen LogP contribution in [0.1, 0.15) is 11.4 Å². The van der Waals surface area contributed by atoms with Crippen LogP contribution in [0.2, 0.25) is 0 Å². The maximum atomic E-state index is 4.51. The van der Waals surface area contributed by atoms with Gasteiger partial charge in [0, 0.05) is 5.69 Å². The number of hydrogen-bond acceptors (Lipinski definition) is 3. The Balaban J connectivity index is 2.49. The van der Waals surface area contributed by atoms with E-state index in [1.54, 1.807) is 6.33 Å². The average Bonchev–Trinajstić information content (AvgIpc) is 2.63. The number of H-pyrrole nitrogens is 1. The first-order valence-corrected chi connectivity index (χ1v) is 4.82. The number of fused-ring (bicyclic) bond motifs is 2. The maximum absolute atomic E-state index is 4.51. The van der Waals surface area contributed by atoms with Crippen molar-refractivity contribution >= 4 is 22.1 Å². The van der Waals surface area contributed by atoms with E-state index >= 15 is 0 Å². The number of rotatable bonds is 0. The van der Waals surface area contributed by atoms with Crippen molar-refractivity contribution in [2.24, 2.45) is 0 Å². The Labute approximate surface area is 86.4 Å². The molecule has 0 fully saturated rings. The molecule has 3 aromatic rings. The number of imidazole rings is 1. The Bertz CT molecular complexity index is 599. The molecule has 0 radical (unpaired) electrons. The third kappa shape index (κ3) is 1.18. The molecule has 2 aromatic heterocycles. The van der Waals surface area contributed by atoms with Crippen LogP contribution in [0, 0.1) is 13.8 Å². The summed E-state index contributed by atoms with van der Waals surface area (Å²) in [4.78, 5) is 16.1. The zero-order chi connectivity index (χ0) is 10.4. The van der Waals surface area contributed by atoms with Crippen LogP contribution in [0.5, 0.6) is 0 Å². The highest BCUT2D eigenvalue weighted by atomic mass is 14.9. The van der Waals surface area contributed by atoms with E-state index in [-0.39, 0.29) is 0 Å². The van der Waals surface area contributed by atoms with Gasteiger partial charge in [-0.05, 0) is 26.0 Å². The van der Waals surface area contributed by atoms with Crippen molar-refractivity contribution in [3.63, 3.8) is 0 Å². The monoisotopic (exact) mass is 198 g/mol. The van der Waals surface area contributed by atoms with Crippen molar-refractivity contribution < 1.29 is 0 Å². The maximum Gasteiger partial charge on any atom is 0.116 e. The van der Waals surface area contributed by atoms with E-state index in [1.807, 2.05) is 26.0 Å². The Morgan fingerprint density at radius 1 is 1.00 bits per heavy atom. The predicted octanol–water partition coefficient (Wildman–Crippen LogP) is 2.12. The van der Waals surface area contributed by atoms with Gasteiger partial charge in [0.15, 0.2) is 0 Å². The molecule has 74 valence electrons. The van der Waals surface area contributed by atoms with Gasteiger partial charge in [-0.15, -0.1) is 0 Å². The van der Waals surface area contributed by atoms with E-state index in [0.29, 0.717) is 0 Å². The molecule has 2 heterocycles. The van der Waals surface area contributed by atoms with Crippen molar-refractivity contribution in [1.82, 2.24) is 19.9 Å². The third-order valence-electron chi connectivity index (χ3n) is 2.64. The molecule has 0 spiro atoms. The summed E-state index contributed by atoms with van der Waals surface area (Å²) in [6.07, 6.45) is 1.57. The second-order valence-corrected chi connectivity index (χ2v) is 3.68. The minimum absolute atomic E-state index is 0.895. The van der Waals surface area contributed by atoms with Crippen LogP contribution < -0.4 is 0 Å². The zero-order valence-corrected chi connectivity index (χ0v) is 8.57. The fourth-order valence-corrected chi connectivity index (χ4v) is 1.68. The summed E-state index contributed by atoms with van der Waals surface area (Å²) < 4.78 is 0. The smallest absolute Gasteiger partial charge is 0.116 e. The standard InChI is InChI=1S/C11H10N4/c1-6-7(2)15-11-4-9-8(12-5-13-9)3-10(11)14-6/h3-5,14H,1-2H3. The topological polar surface area (TPSA) is 54.5 Å². The summed E-state index contributed by atoms with van der Waals surface area (Å²) >= 11 is 0. The molecule has 0 saturated heterocycles. The van der Waals surface area contributed by atoms with E-state index in [9.17, 15) is 0 Å². The largest absolute Gasteiger partial charge is 0.356 e. The third-order valence-corrected chi connectivity index (χ3v) is 2.64. The highest BCUT2D eigenvalue weighted by molar-refractivity contribution is 5.90. The Morgan fingerprint density at radius 2 is 1.73 bits per heavy atom. The van der Waals surface area contributed by atoms with Crippen LogP contribution in [-0.4, -0.2) is 19.9 Å². The summed E-state index contributed by atoms with van der Waals surface area (Å²) in [6, 6.07) is 3.94. The number of aromatic nitrogens is 4. The van der Waals surface area contributed by atoms with E-state index < -0.39 is 0 Å². The summed E-state index contributed by atoms with van der Waals surface area (Å²) in [5.74, 6) is 0. The van der Waals surface area contributed by atoms with E-state index in [1.165, 1.54) is 0 Å². The van der Waals surface area contributed by atoms with Crippen molar-refractivity contribution in [1.29, 1.82) is 0 Å². The van der Waals surface area contributed by atoms with Crippen molar-refractivity contribution in [2.75, 3.05) is 0 Å². The summed E-state index contributed by atoms with van der Waals surface area (Å²) in [6.45, 7) is 4.01. The van der Waals surface area contributed by atoms with Crippen molar-refractivity contribution in [3.05, 3.63) is 29.8 Å². The van der Waals surface area contributed by atoms with E-state index in [0.717, 1.165) is 33.5 Å². The molecule has 4 heteroatoms. The molecule has 0 aliphatic heterocycles.